The molecule has 6 heteroatoms. The lowest BCUT2D eigenvalue weighted by Crippen LogP contribution is -2.30. The minimum absolute atomic E-state index is 0.0301. The Morgan fingerprint density at radius 2 is 1.90 bits per heavy atom. The number of benzene rings is 1. The van der Waals surface area contributed by atoms with Crippen LogP contribution in [0.25, 0.3) is 11.1 Å². The van der Waals surface area contributed by atoms with E-state index in [0.717, 1.165) is 36.8 Å². The van der Waals surface area contributed by atoms with Gasteiger partial charge in [-0.2, -0.15) is 10.4 Å². The Morgan fingerprint density at radius 1 is 1.14 bits per heavy atom. The van der Waals surface area contributed by atoms with E-state index in [9.17, 15) is 4.79 Å². The molecule has 0 spiro atoms. The van der Waals surface area contributed by atoms with E-state index in [-0.39, 0.29) is 18.1 Å². The minimum atomic E-state index is -0.149. The molecular weight excluding hydrogens is 362 g/mol. The van der Waals surface area contributed by atoms with Crippen LogP contribution >= 0.6 is 0 Å². The zero-order chi connectivity index (χ0) is 20.2. The fraction of sp³-hybridized carbons (Fsp3) is 0.348. The molecule has 2 heterocycles. The van der Waals surface area contributed by atoms with Gasteiger partial charge in [-0.15, -0.1) is 0 Å². The second-order valence-corrected chi connectivity index (χ2v) is 7.74. The Labute approximate surface area is 170 Å². The van der Waals surface area contributed by atoms with Crippen LogP contribution in [0.1, 0.15) is 37.2 Å². The molecule has 1 aliphatic rings. The van der Waals surface area contributed by atoms with Crippen molar-refractivity contribution in [2.45, 2.75) is 44.2 Å². The number of aryl methyl sites for hydroxylation is 1. The normalized spacial score (nSPS) is 18.9. The second-order valence-electron chi connectivity index (χ2n) is 7.74. The molecule has 0 radical (unpaired) electrons. The van der Waals surface area contributed by atoms with Gasteiger partial charge >= 0.3 is 0 Å². The quantitative estimate of drug-likeness (QED) is 0.720. The fourth-order valence-corrected chi connectivity index (χ4v) is 4.18. The van der Waals surface area contributed by atoms with Gasteiger partial charge < -0.3 is 5.32 Å². The van der Waals surface area contributed by atoms with Crippen LogP contribution in [-0.2, 0) is 13.6 Å². The van der Waals surface area contributed by atoms with E-state index in [1.165, 1.54) is 10.1 Å². The Kier molecular flexibility index (Phi) is 5.48. The summed E-state index contributed by atoms with van der Waals surface area (Å²) in [6.07, 6.45) is 9.67. The fourth-order valence-electron chi connectivity index (χ4n) is 4.18. The number of hydrogen-bond donors (Lipinski definition) is 1. The Balaban J connectivity index is 1.53. The molecule has 1 saturated carbocycles. The van der Waals surface area contributed by atoms with Crippen molar-refractivity contribution in [1.29, 1.82) is 5.26 Å². The first-order valence-corrected chi connectivity index (χ1v) is 10.1. The maximum Gasteiger partial charge on any atom is 0.274 e. The molecule has 148 valence electrons. The Bertz CT molecular complexity index is 1070. The third kappa shape index (κ3) is 4.24. The predicted molar refractivity (Wildman–Crippen MR) is 114 cm³/mol. The van der Waals surface area contributed by atoms with Crippen molar-refractivity contribution in [3.05, 3.63) is 70.9 Å². The van der Waals surface area contributed by atoms with Crippen LogP contribution in [0, 0.1) is 11.3 Å². The third-order valence-corrected chi connectivity index (χ3v) is 5.72. The second kappa shape index (κ2) is 8.36. The number of hydrogen-bond acceptors (Lipinski definition) is 4. The monoisotopic (exact) mass is 387 g/mol. The number of anilines is 1. The summed E-state index contributed by atoms with van der Waals surface area (Å²) in [7, 11) is 1.86. The lowest BCUT2D eigenvalue weighted by molar-refractivity contribution is 0.412. The van der Waals surface area contributed by atoms with Crippen molar-refractivity contribution in [1.82, 2.24) is 14.3 Å². The molecule has 3 aromatic rings. The Morgan fingerprint density at radius 3 is 2.55 bits per heavy atom. The molecule has 1 fully saturated rings. The molecular formula is C23H25N5O. The van der Waals surface area contributed by atoms with Gasteiger partial charge in [0.05, 0.1) is 12.3 Å². The number of rotatable bonds is 5. The van der Waals surface area contributed by atoms with Crippen molar-refractivity contribution in [3.63, 3.8) is 0 Å². The van der Waals surface area contributed by atoms with Crippen LogP contribution in [-0.4, -0.2) is 20.4 Å². The standard InChI is InChI=1S/C23H25N5O/c1-27-15-20(14-25-27)19-13-22(23(29)28(16-19)12-11-24)26-21-9-7-18(8-10-21)17-5-3-2-4-6-17/h2-6,13-16,18,21,26H,7-10,12H2,1H3. The average molecular weight is 387 g/mol. The summed E-state index contributed by atoms with van der Waals surface area (Å²) in [5, 5.41) is 16.8. The van der Waals surface area contributed by atoms with Crippen molar-refractivity contribution >= 4 is 5.69 Å². The SMILES string of the molecule is Cn1cc(-c2cc(NC3CCC(c4ccccc4)CC3)c(=O)n(CC#N)c2)cn1. The van der Waals surface area contributed by atoms with Crippen molar-refractivity contribution < 1.29 is 0 Å². The molecule has 0 aliphatic heterocycles. The van der Waals surface area contributed by atoms with Gasteiger partial charge in [0, 0.05) is 36.6 Å². The summed E-state index contributed by atoms with van der Waals surface area (Å²) >= 11 is 0. The van der Waals surface area contributed by atoms with Crippen molar-refractivity contribution in [2.24, 2.45) is 7.05 Å². The smallest absolute Gasteiger partial charge is 0.274 e. The van der Waals surface area contributed by atoms with Crippen molar-refractivity contribution in [3.8, 4) is 17.2 Å². The highest BCUT2D eigenvalue weighted by molar-refractivity contribution is 5.65. The summed E-state index contributed by atoms with van der Waals surface area (Å²) in [5.41, 5.74) is 3.62. The highest BCUT2D eigenvalue weighted by Gasteiger charge is 2.23. The lowest BCUT2D eigenvalue weighted by Gasteiger charge is -2.30. The Hall–Kier alpha value is -3.33. The van der Waals surface area contributed by atoms with E-state index in [1.807, 2.05) is 19.3 Å². The van der Waals surface area contributed by atoms with Crippen LogP contribution in [0.15, 0.2) is 59.8 Å². The molecule has 29 heavy (non-hydrogen) atoms. The summed E-state index contributed by atoms with van der Waals surface area (Å²) in [5.74, 6) is 0.589. The van der Waals surface area contributed by atoms with Gasteiger partial charge in [-0.25, -0.2) is 0 Å². The van der Waals surface area contributed by atoms with E-state index >= 15 is 0 Å². The molecule has 2 aromatic heterocycles. The van der Waals surface area contributed by atoms with Crippen LogP contribution in [0.3, 0.4) is 0 Å². The number of nitriles is 1. The molecule has 0 amide bonds. The summed E-state index contributed by atoms with van der Waals surface area (Å²) in [6, 6.07) is 14.9. The number of nitrogens with one attached hydrogen (secondary N) is 1. The molecule has 0 bridgehead atoms. The summed E-state index contributed by atoms with van der Waals surface area (Å²) < 4.78 is 3.20. The van der Waals surface area contributed by atoms with Crippen LogP contribution < -0.4 is 10.9 Å². The third-order valence-electron chi connectivity index (χ3n) is 5.72. The van der Waals surface area contributed by atoms with Gasteiger partial charge in [-0.05, 0) is 43.2 Å². The van der Waals surface area contributed by atoms with Gasteiger partial charge in [0.2, 0.25) is 0 Å². The molecule has 6 nitrogen and oxygen atoms in total. The van der Waals surface area contributed by atoms with E-state index in [0.29, 0.717) is 11.6 Å². The minimum Gasteiger partial charge on any atom is -0.378 e. The zero-order valence-electron chi connectivity index (χ0n) is 16.6. The van der Waals surface area contributed by atoms with E-state index < -0.39 is 0 Å². The number of pyridine rings is 1. The first-order chi connectivity index (χ1) is 14.1. The van der Waals surface area contributed by atoms with Crippen molar-refractivity contribution in [2.75, 3.05) is 5.32 Å². The largest absolute Gasteiger partial charge is 0.378 e. The molecule has 0 unspecified atom stereocenters. The highest BCUT2D eigenvalue weighted by atomic mass is 16.1. The first-order valence-electron chi connectivity index (χ1n) is 10.1. The maximum atomic E-state index is 12.8. The van der Waals surface area contributed by atoms with Gasteiger partial charge in [-0.3, -0.25) is 14.0 Å². The predicted octanol–water partition coefficient (Wildman–Crippen LogP) is 3.91. The topological polar surface area (TPSA) is 75.6 Å². The molecule has 0 atom stereocenters. The summed E-state index contributed by atoms with van der Waals surface area (Å²) in [6.45, 7) is 0.0301. The lowest BCUT2D eigenvalue weighted by atomic mass is 9.82. The summed E-state index contributed by atoms with van der Waals surface area (Å²) in [4.78, 5) is 12.8. The van der Waals surface area contributed by atoms with Gasteiger partial charge in [0.15, 0.2) is 0 Å². The number of nitrogens with zero attached hydrogens (tertiary/aromatic N) is 4. The van der Waals surface area contributed by atoms with Gasteiger partial charge in [0.1, 0.15) is 12.2 Å². The first kappa shape index (κ1) is 19.0. The maximum absolute atomic E-state index is 12.8. The molecule has 1 aliphatic carbocycles. The van der Waals surface area contributed by atoms with Crippen LogP contribution in [0.4, 0.5) is 5.69 Å². The van der Waals surface area contributed by atoms with E-state index in [2.05, 4.69) is 46.8 Å². The van der Waals surface area contributed by atoms with Gasteiger partial charge in [-0.1, -0.05) is 30.3 Å². The molecule has 0 saturated heterocycles. The number of aromatic nitrogens is 3. The van der Waals surface area contributed by atoms with E-state index in [4.69, 9.17) is 5.26 Å². The molecule has 1 N–H and O–H groups in total. The highest BCUT2D eigenvalue weighted by Crippen LogP contribution is 2.34. The van der Waals surface area contributed by atoms with E-state index in [1.54, 1.807) is 17.1 Å². The van der Waals surface area contributed by atoms with Crippen LogP contribution in [0.2, 0.25) is 0 Å². The zero-order valence-corrected chi connectivity index (χ0v) is 16.6. The molecule has 1 aromatic carbocycles. The van der Waals surface area contributed by atoms with Crippen LogP contribution in [0.5, 0.6) is 0 Å². The van der Waals surface area contributed by atoms with Gasteiger partial charge in [0.25, 0.3) is 5.56 Å². The molecule has 4 rings (SSSR count). The average Bonchev–Trinajstić information content (AvgIpc) is 3.18.